The molecule has 1 heterocycles. The van der Waals surface area contributed by atoms with Gasteiger partial charge in [0.25, 0.3) is 0 Å². The van der Waals surface area contributed by atoms with Crippen LogP contribution in [-0.4, -0.2) is 58.0 Å². The highest BCUT2D eigenvalue weighted by molar-refractivity contribution is 7.89. The highest BCUT2D eigenvalue weighted by Gasteiger charge is 2.26. The summed E-state index contributed by atoms with van der Waals surface area (Å²) in [4.78, 5) is 2.43. The average Bonchev–Trinajstić information content (AvgIpc) is 2.71. The van der Waals surface area contributed by atoms with Crippen molar-refractivity contribution in [3.63, 3.8) is 0 Å². The van der Waals surface area contributed by atoms with Crippen LogP contribution in [0.4, 0.5) is 0 Å². The van der Waals surface area contributed by atoms with Crippen molar-refractivity contribution in [2.75, 3.05) is 40.3 Å². The summed E-state index contributed by atoms with van der Waals surface area (Å²) in [6.45, 7) is 2.98. The molecule has 0 aliphatic carbocycles. The second-order valence-corrected chi connectivity index (χ2v) is 7.18. The normalized spacial score (nSPS) is 18.4. The molecule has 0 amide bonds. The van der Waals surface area contributed by atoms with E-state index in [1.54, 1.807) is 29.6 Å². The zero-order valence-corrected chi connectivity index (χ0v) is 13.4. The van der Waals surface area contributed by atoms with Crippen molar-refractivity contribution in [3.05, 3.63) is 23.8 Å². The van der Waals surface area contributed by atoms with Gasteiger partial charge in [0, 0.05) is 31.7 Å². The Balaban J connectivity index is 2.30. The van der Waals surface area contributed by atoms with Crippen molar-refractivity contribution in [3.8, 4) is 5.75 Å². The molecule has 0 spiro atoms. The Morgan fingerprint density at radius 1 is 1.24 bits per heavy atom. The van der Waals surface area contributed by atoms with E-state index in [0.29, 0.717) is 24.4 Å². The van der Waals surface area contributed by atoms with Crippen molar-refractivity contribution >= 4 is 10.0 Å². The third kappa shape index (κ3) is 3.55. The standard InChI is InChI=1S/C14H23N3O3S/c1-16-6-3-7-17(9-8-16)21(18,19)13-4-5-14(20-2)12(10-13)11-15/h4-5,10H,3,6-9,11,15H2,1-2H3. The summed E-state index contributed by atoms with van der Waals surface area (Å²) in [7, 11) is 0.0880. The largest absolute Gasteiger partial charge is 0.496 e. The summed E-state index contributed by atoms with van der Waals surface area (Å²) in [5, 5.41) is 0. The number of methoxy groups -OCH3 is 1. The predicted molar refractivity (Wildman–Crippen MR) is 81.8 cm³/mol. The SMILES string of the molecule is COc1ccc(S(=O)(=O)N2CCCN(C)CC2)cc1CN. The quantitative estimate of drug-likeness (QED) is 0.875. The number of nitrogens with two attached hydrogens (primary N) is 1. The summed E-state index contributed by atoms with van der Waals surface area (Å²) in [6, 6.07) is 4.86. The third-order valence-electron chi connectivity index (χ3n) is 3.79. The molecular formula is C14H23N3O3S. The van der Waals surface area contributed by atoms with Crippen molar-refractivity contribution in [2.45, 2.75) is 17.9 Å². The molecule has 7 heteroatoms. The van der Waals surface area contributed by atoms with E-state index < -0.39 is 10.0 Å². The minimum Gasteiger partial charge on any atom is -0.496 e. The van der Waals surface area contributed by atoms with Gasteiger partial charge in [-0.25, -0.2) is 8.42 Å². The van der Waals surface area contributed by atoms with E-state index in [4.69, 9.17) is 10.5 Å². The number of hydrogen-bond acceptors (Lipinski definition) is 5. The van der Waals surface area contributed by atoms with Gasteiger partial charge in [-0.2, -0.15) is 4.31 Å². The van der Waals surface area contributed by atoms with Crippen LogP contribution in [-0.2, 0) is 16.6 Å². The Morgan fingerprint density at radius 3 is 2.67 bits per heavy atom. The van der Waals surface area contributed by atoms with Gasteiger partial charge >= 0.3 is 0 Å². The van der Waals surface area contributed by atoms with Crippen molar-refractivity contribution < 1.29 is 13.2 Å². The molecule has 118 valence electrons. The molecule has 1 fully saturated rings. The lowest BCUT2D eigenvalue weighted by atomic mass is 10.2. The van der Waals surface area contributed by atoms with Gasteiger partial charge in [0.15, 0.2) is 0 Å². The first-order valence-corrected chi connectivity index (χ1v) is 8.48. The molecule has 0 bridgehead atoms. The van der Waals surface area contributed by atoms with Crippen LogP contribution in [0.3, 0.4) is 0 Å². The van der Waals surface area contributed by atoms with Gasteiger partial charge in [0.05, 0.1) is 12.0 Å². The second-order valence-electron chi connectivity index (χ2n) is 5.24. The molecule has 1 aliphatic heterocycles. The maximum Gasteiger partial charge on any atom is 0.243 e. The predicted octanol–water partition coefficient (Wildman–Crippen LogP) is 0.480. The number of likely N-dealkylation sites (N-methyl/N-ethyl adjacent to an activating group) is 1. The zero-order valence-electron chi connectivity index (χ0n) is 12.6. The van der Waals surface area contributed by atoms with Crippen LogP contribution in [0.5, 0.6) is 5.75 Å². The van der Waals surface area contributed by atoms with Crippen LogP contribution < -0.4 is 10.5 Å². The average molecular weight is 313 g/mol. The van der Waals surface area contributed by atoms with Crippen LogP contribution >= 0.6 is 0 Å². The number of sulfonamides is 1. The van der Waals surface area contributed by atoms with E-state index in [9.17, 15) is 8.42 Å². The van der Waals surface area contributed by atoms with E-state index in [0.717, 1.165) is 19.5 Å². The minimum atomic E-state index is -3.47. The molecule has 21 heavy (non-hydrogen) atoms. The van der Waals surface area contributed by atoms with Crippen LogP contribution in [0, 0.1) is 0 Å². The first-order chi connectivity index (χ1) is 9.98. The van der Waals surface area contributed by atoms with Gasteiger partial charge in [0.1, 0.15) is 5.75 Å². The highest BCUT2D eigenvalue weighted by Crippen LogP contribution is 2.24. The van der Waals surface area contributed by atoms with Crippen molar-refractivity contribution in [1.29, 1.82) is 0 Å². The van der Waals surface area contributed by atoms with E-state index in [-0.39, 0.29) is 11.4 Å². The number of nitrogens with zero attached hydrogens (tertiary/aromatic N) is 2. The van der Waals surface area contributed by atoms with Crippen molar-refractivity contribution in [1.82, 2.24) is 9.21 Å². The Kier molecular flexibility index (Phi) is 5.21. The number of benzene rings is 1. The molecule has 1 aliphatic rings. The molecule has 0 aromatic heterocycles. The van der Waals surface area contributed by atoms with Gasteiger partial charge < -0.3 is 15.4 Å². The summed E-state index contributed by atoms with van der Waals surface area (Å²) in [5.74, 6) is 0.618. The topological polar surface area (TPSA) is 75.9 Å². The maximum atomic E-state index is 12.7. The molecule has 1 aromatic rings. The van der Waals surface area contributed by atoms with E-state index in [1.165, 1.54) is 0 Å². The maximum absolute atomic E-state index is 12.7. The molecule has 0 atom stereocenters. The smallest absolute Gasteiger partial charge is 0.243 e. The van der Waals surface area contributed by atoms with Crippen molar-refractivity contribution in [2.24, 2.45) is 5.73 Å². The minimum absolute atomic E-state index is 0.245. The Morgan fingerprint density at radius 2 is 2.00 bits per heavy atom. The number of hydrogen-bond donors (Lipinski definition) is 1. The Bertz CT molecular complexity index is 589. The van der Waals surface area contributed by atoms with Gasteiger partial charge in [-0.3, -0.25) is 0 Å². The highest BCUT2D eigenvalue weighted by atomic mass is 32.2. The van der Waals surface area contributed by atoms with Gasteiger partial charge in [-0.15, -0.1) is 0 Å². The first kappa shape index (κ1) is 16.2. The molecule has 6 nitrogen and oxygen atoms in total. The molecule has 0 unspecified atom stereocenters. The molecule has 2 N–H and O–H groups in total. The lowest BCUT2D eigenvalue weighted by Crippen LogP contribution is -2.34. The van der Waals surface area contributed by atoms with Crippen LogP contribution in [0.15, 0.2) is 23.1 Å². The fraction of sp³-hybridized carbons (Fsp3) is 0.571. The fourth-order valence-electron chi connectivity index (χ4n) is 2.49. The van der Waals surface area contributed by atoms with E-state index >= 15 is 0 Å². The fourth-order valence-corrected chi connectivity index (χ4v) is 4.01. The molecule has 2 rings (SSSR count). The third-order valence-corrected chi connectivity index (χ3v) is 5.68. The number of rotatable bonds is 4. The first-order valence-electron chi connectivity index (χ1n) is 7.04. The summed E-state index contributed by atoms with van der Waals surface area (Å²) < 4.78 is 32.2. The van der Waals surface area contributed by atoms with Crippen LogP contribution in [0.1, 0.15) is 12.0 Å². The Hall–Kier alpha value is -1.15. The summed E-state index contributed by atoms with van der Waals surface area (Å²) in [5.41, 5.74) is 6.36. The lowest BCUT2D eigenvalue weighted by Gasteiger charge is -2.21. The van der Waals surface area contributed by atoms with Gasteiger partial charge in [0.2, 0.25) is 10.0 Å². The van der Waals surface area contributed by atoms with Gasteiger partial charge in [-0.05, 0) is 38.2 Å². The van der Waals surface area contributed by atoms with Crippen LogP contribution in [0.25, 0.3) is 0 Å². The molecule has 1 aromatic carbocycles. The second kappa shape index (κ2) is 6.74. The molecule has 0 saturated carbocycles. The van der Waals surface area contributed by atoms with Gasteiger partial charge in [-0.1, -0.05) is 0 Å². The summed E-state index contributed by atoms with van der Waals surface area (Å²) >= 11 is 0. The zero-order chi connectivity index (χ0) is 15.5. The lowest BCUT2D eigenvalue weighted by molar-refractivity contribution is 0.347. The molecular weight excluding hydrogens is 290 g/mol. The monoisotopic (exact) mass is 313 g/mol. The molecule has 1 saturated heterocycles. The van der Waals surface area contributed by atoms with E-state index in [2.05, 4.69) is 4.90 Å². The molecule has 0 radical (unpaired) electrons. The number of ether oxygens (including phenoxy) is 1. The summed E-state index contributed by atoms with van der Waals surface area (Å²) in [6.07, 6.45) is 0.843. The van der Waals surface area contributed by atoms with E-state index in [1.807, 2.05) is 7.05 Å². The Labute approximate surface area is 126 Å². The van der Waals surface area contributed by atoms with Crippen LogP contribution in [0.2, 0.25) is 0 Å².